The fraction of sp³-hybridized carbons (Fsp3) is 0.524. The molecule has 1 aliphatic heterocycles. The average molecular weight is 397 g/mol. The quantitative estimate of drug-likeness (QED) is 0.744. The van der Waals surface area contributed by atoms with Crippen molar-refractivity contribution < 1.29 is 14.3 Å². The lowest BCUT2D eigenvalue weighted by atomic mass is 9.94. The highest BCUT2D eigenvalue weighted by Gasteiger charge is 2.36. The van der Waals surface area contributed by atoms with Crippen molar-refractivity contribution in [1.29, 1.82) is 0 Å². The molecule has 0 radical (unpaired) electrons. The molecule has 0 spiro atoms. The lowest BCUT2D eigenvalue weighted by Crippen LogP contribution is -2.32. The summed E-state index contributed by atoms with van der Waals surface area (Å²) in [7, 11) is 0. The molecule has 2 aliphatic rings. The maximum absolute atomic E-state index is 13.2. The van der Waals surface area contributed by atoms with Crippen molar-refractivity contribution in [3.05, 3.63) is 41.1 Å². The first-order valence-electron chi connectivity index (χ1n) is 10.4. The van der Waals surface area contributed by atoms with E-state index in [1.165, 1.54) is 6.42 Å². The van der Waals surface area contributed by atoms with E-state index in [2.05, 4.69) is 27.8 Å². The molecule has 0 amide bonds. The largest absolute Gasteiger partial charge is 0.494 e. The van der Waals surface area contributed by atoms with E-state index in [4.69, 9.17) is 9.47 Å². The van der Waals surface area contributed by atoms with Gasteiger partial charge in [0.15, 0.2) is 0 Å². The minimum absolute atomic E-state index is 0.0216. The lowest BCUT2D eigenvalue weighted by molar-refractivity contribution is -0.146. The highest BCUT2D eigenvalue weighted by molar-refractivity contribution is 5.92. The van der Waals surface area contributed by atoms with Gasteiger partial charge in [0.25, 0.3) is 0 Å². The Hall–Kier alpha value is -2.90. The minimum atomic E-state index is -0.470. The van der Waals surface area contributed by atoms with Crippen LogP contribution in [0.1, 0.15) is 64.0 Å². The Morgan fingerprint density at radius 2 is 2.10 bits per heavy atom. The van der Waals surface area contributed by atoms with E-state index < -0.39 is 6.04 Å². The highest BCUT2D eigenvalue weighted by atomic mass is 16.5. The summed E-state index contributed by atoms with van der Waals surface area (Å²) in [6.45, 7) is 4.56. The highest BCUT2D eigenvalue weighted by Crippen LogP contribution is 2.36. The summed E-state index contributed by atoms with van der Waals surface area (Å²) >= 11 is 0. The van der Waals surface area contributed by atoms with Crippen LogP contribution in [0.15, 0.2) is 35.5 Å². The molecule has 154 valence electrons. The number of benzene rings is 1. The van der Waals surface area contributed by atoms with Crippen LogP contribution in [-0.4, -0.2) is 38.9 Å². The summed E-state index contributed by atoms with van der Waals surface area (Å²) in [6, 6.07) is 7.27. The zero-order valence-electron chi connectivity index (χ0n) is 16.9. The van der Waals surface area contributed by atoms with Gasteiger partial charge >= 0.3 is 5.97 Å². The van der Waals surface area contributed by atoms with Crippen LogP contribution in [-0.2, 0) is 9.53 Å². The summed E-state index contributed by atoms with van der Waals surface area (Å²) in [5, 5.41) is 15.1. The van der Waals surface area contributed by atoms with Gasteiger partial charge in [-0.3, -0.25) is 0 Å². The van der Waals surface area contributed by atoms with Crippen LogP contribution in [0.25, 0.3) is 0 Å². The summed E-state index contributed by atoms with van der Waals surface area (Å²) in [4.78, 5) is 13.2. The van der Waals surface area contributed by atoms with Crippen molar-refractivity contribution in [2.75, 3.05) is 11.9 Å². The number of tetrazole rings is 1. The average Bonchev–Trinajstić information content (AvgIpc) is 3.20. The Kier molecular flexibility index (Phi) is 5.78. The number of carbonyl (C=O) groups is 1. The molecule has 29 heavy (non-hydrogen) atoms. The molecule has 1 atom stereocenters. The molecule has 8 nitrogen and oxygen atoms in total. The second kappa shape index (κ2) is 8.63. The van der Waals surface area contributed by atoms with Crippen LogP contribution in [0.3, 0.4) is 0 Å². The number of nitrogens with one attached hydrogen (secondary N) is 1. The van der Waals surface area contributed by atoms with Crippen LogP contribution in [0.4, 0.5) is 5.95 Å². The van der Waals surface area contributed by atoms with E-state index >= 15 is 0 Å². The van der Waals surface area contributed by atoms with Gasteiger partial charge in [-0.05, 0) is 67.2 Å². The monoisotopic (exact) mass is 397 g/mol. The van der Waals surface area contributed by atoms with Crippen LogP contribution in [0.2, 0.25) is 0 Å². The van der Waals surface area contributed by atoms with E-state index in [-0.39, 0.29) is 12.1 Å². The third kappa shape index (κ3) is 4.11. The van der Waals surface area contributed by atoms with Gasteiger partial charge < -0.3 is 14.8 Å². The van der Waals surface area contributed by atoms with E-state index in [0.29, 0.717) is 23.8 Å². The van der Waals surface area contributed by atoms with Gasteiger partial charge in [0.2, 0.25) is 5.95 Å². The third-order valence-corrected chi connectivity index (χ3v) is 5.41. The SMILES string of the molecule is CCCOc1cccc(C2C(C(=O)OC3CCCCC3)=C(C)Nc3nnnn32)c1. The molecule has 1 aromatic heterocycles. The van der Waals surface area contributed by atoms with Crippen molar-refractivity contribution in [2.45, 2.75) is 64.5 Å². The van der Waals surface area contributed by atoms with Gasteiger partial charge in [-0.2, -0.15) is 4.68 Å². The Morgan fingerprint density at radius 3 is 2.90 bits per heavy atom. The van der Waals surface area contributed by atoms with E-state index in [1.54, 1.807) is 4.68 Å². The zero-order valence-corrected chi connectivity index (χ0v) is 16.9. The van der Waals surface area contributed by atoms with Gasteiger partial charge in [0.1, 0.15) is 17.9 Å². The Morgan fingerprint density at radius 1 is 1.28 bits per heavy atom. The molecule has 1 unspecified atom stereocenters. The van der Waals surface area contributed by atoms with Gasteiger partial charge in [-0.15, -0.1) is 0 Å². The van der Waals surface area contributed by atoms with Crippen LogP contribution >= 0.6 is 0 Å². The maximum Gasteiger partial charge on any atom is 0.338 e. The predicted octanol–water partition coefficient (Wildman–Crippen LogP) is 3.63. The molecule has 2 heterocycles. The lowest BCUT2D eigenvalue weighted by Gasteiger charge is -2.29. The Balaban J connectivity index is 1.67. The molecule has 0 bridgehead atoms. The van der Waals surface area contributed by atoms with Gasteiger partial charge in [0.05, 0.1) is 12.2 Å². The first kappa shape index (κ1) is 19.4. The molecule has 4 rings (SSSR count). The molecular formula is C21H27N5O3. The summed E-state index contributed by atoms with van der Waals surface area (Å²) in [5.41, 5.74) is 2.12. The molecule has 2 aromatic rings. The topological polar surface area (TPSA) is 91.2 Å². The van der Waals surface area contributed by atoms with Gasteiger partial charge in [0, 0.05) is 5.70 Å². The summed E-state index contributed by atoms with van der Waals surface area (Å²) < 4.78 is 13.3. The molecule has 1 N–H and O–H groups in total. The number of nitrogens with zero attached hydrogens (tertiary/aromatic N) is 4. The second-order valence-electron chi connectivity index (χ2n) is 7.60. The molecule has 1 aliphatic carbocycles. The fourth-order valence-electron chi connectivity index (χ4n) is 3.98. The van der Waals surface area contributed by atoms with E-state index in [0.717, 1.165) is 43.4 Å². The standard InChI is InChI=1S/C21H27N5O3/c1-3-12-28-17-11-7-8-15(13-17)19-18(14(2)22-21-23-24-25-26(19)21)20(27)29-16-9-5-4-6-10-16/h7-8,11,13,16,19H,3-6,9-10,12H2,1-2H3,(H,22,23,25). The number of hydrogen-bond donors (Lipinski definition) is 1. The normalized spacial score (nSPS) is 19.4. The number of hydrogen-bond acceptors (Lipinski definition) is 7. The van der Waals surface area contributed by atoms with Crippen molar-refractivity contribution in [3.63, 3.8) is 0 Å². The van der Waals surface area contributed by atoms with Crippen LogP contribution in [0.5, 0.6) is 5.75 Å². The minimum Gasteiger partial charge on any atom is -0.494 e. The predicted molar refractivity (Wildman–Crippen MR) is 107 cm³/mol. The maximum atomic E-state index is 13.2. The molecule has 1 aromatic carbocycles. The van der Waals surface area contributed by atoms with Crippen molar-refractivity contribution in [1.82, 2.24) is 20.2 Å². The first-order chi connectivity index (χ1) is 14.2. The third-order valence-electron chi connectivity index (χ3n) is 5.41. The number of aromatic nitrogens is 4. The van der Waals surface area contributed by atoms with E-state index in [9.17, 15) is 4.79 Å². The van der Waals surface area contributed by atoms with Crippen LogP contribution in [0, 0.1) is 0 Å². The summed E-state index contributed by atoms with van der Waals surface area (Å²) in [6.07, 6.45) is 6.16. The number of allylic oxidation sites excluding steroid dienone is 1. The first-order valence-corrected chi connectivity index (χ1v) is 10.4. The van der Waals surface area contributed by atoms with E-state index in [1.807, 2.05) is 31.2 Å². The van der Waals surface area contributed by atoms with Crippen molar-refractivity contribution in [2.24, 2.45) is 0 Å². The number of fused-ring (bicyclic) bond motifs is 1. The van der Waals surface area contributed by atoms with Crippen LogP contribution < -0.4 is 10.1 Å². The summed E-state index contributed by atoms with van der Waals surface area (Å²) in [5.74, 6) is 0.949. The molecule has 0 saturated heterocycles. The zero-order chi connectivity index (χ0) is 20.2. The Labute approximate surface area is 170 Å². The fourth-order valence-corrected chi connectivity index (χ4v) is 3.98. The molecule has 1 saturated carbocycles. The molecule has 8 heteroatoms. The number of rotatable bonds is 6. The van der Waals surface area contributed by atoms with Crippen molar-refractivity contribution >= 4 is 11.9 Å². The molecule has 1 fully saturated rings. The number of carbonyl (C=O) groups excluding carboxylic acids is 1. The Bertz CT molecular complexity index is 901. The number of esters is 1. The van der Waals surface area contributed by atoms with Crippen molar-refractivity contribution in [3.8, 4) is 5.75 Å². The number of ether oxygens (including phenoxy) is 2. The molecular weight excluding hydrogens is 370 g/mol. The van der Waals surface area contributed by atoms with Gasteiger partial charge in [-0.25, -0.2) is 4.79 Å². The smallest absolute Gasteiger partial charge is 0.338 e. The number of anilines is 1. The second-order valence-corrected chi connectivity index (χ2v) is 7.60. The van der Waals surface area contributed by atoms with Gasteiger partial charge in [-0.1, -0.05) is 30.6 Å².